The second-order valence-electron chi connectivity index (χ2n) is 4.79. The van der Waals surface area contributed by atoms with E-state index in [4.69, 9.17) is 9.47 Å². The highest BCUT2D eigenvalue weighted by atomic mass is 16.5. The third kappa shape index (κ3) is 5.70. The van der Waals surface area contributed by atoms with Crippen LogP contribution in [0.15, 0.2) is 11.3 Å². The van der Waals surface area contributed by atoms with Crippen LogP contribution in [-0.4, -0.2) is 75.1 Å². The summed E-state index contributed by atoms with van der Waals surface area (Å²) in [6.45, 7) is 3.03. The molecular weight excluding hydrogens is 278 g/mol. The number of hydrogen-bond acceptors (Lipinski definition) is 6. The molecule has 0 saturated heterocycles. The van der Waals surface area contributed by atoms with Gasteiger partial charge >= 0.3 is 12.0 Å². The van der Waals surface area contributed by atoms with Crippen molar-refractivity contribution in [2.75, 3.05) is 47.0 Å². The highest BCUT2D eigenvalue weighted by Crippen LogP contribution is 2.09. The molecule has 1 rings (SSSR count). The zero-order valence-corrected chi connectivity index (χ0v) is 12.6. The highest BCUT2D eigenvalue weighted by molar-refractivity contribution is 5.93. The summed E-state index contributed by atoms with van der Waals surface area (Å²) in [5.41, 5.74) is 0.883. The lowest BCUT2D eigenvalue weighted by molar-refractivity contribution is -0.138. The number of aliphatic hydroxyl groups is 1. The Morgan fingerprint density at radius 2 is 2.24 bits per heavy atom. The van der Waals surface area contributed by atoms with Crippen molar-refractivity contribution in [1.82, 2.24) is 15.5 Å². The molecule has 0 aromatic carbocycles. The van der Waals surface area contributed by atoms with Gasteiger partial charge in [-0.3, -0.25) is 4.90 Å². The normalized spacial score (nSPS) is 16.5. The SMILES string of the molecule is CCOC(=O)C1=C(CN(C)CC(O)COC)NC(=O)NC1. The summed E-state index contributed by atoms with van der Waals surface area (Å²) in [4.78, 5) is 25.1. The lowest BCUT2D eigenvalue weighted by Gasteiger charge is -2.26. The van der Waals surface area contributed by atoms with Gasteiger partial charge in [0.2, 0.25) is 0 Å². The van der Waals surface area contributed by atoms with Gasteiger partial charge in [-0.2, -0.15) is 0 Å². The Morgan fingerprint density at radius 1 is 1.52 bits per heavy atom. The highest BCUT2D eigenvalue weighted by Gasteiger charge is 2.24. The van der Waals surface area contributed by atoms with E-state index in [1.54, 1.807) is 18.9 Å². The molecular formula is C13H23N3O5. The van der Waals surface area contributed by atoms with E-state index in [0.29, 0.717) is 24.4 Å². The molecule has 0 saturated carbocycles. The Morgan fingerprint density at radius 3 is 2.86 bits per heavy atom. The van der Waals surface area contributed by atoms with Gasteiger partial charge in [-0.15, -0.1) is 0 Å². The number of esters is 1. The van der Waals surface area contributed by atoms with E-state index in [9.17, 15) is 14.7 Å². The smallest absolute Gasteiger partial charge is 0.337 e. The Kier molecular flexibility index (Phi) is 7.13. The van der Waals surface area contributed by atoms with Crippen LogP contribution in [0.1, 0.15) is 6.92 Å². The molecule has 2 amide bonds. The van der Waals surface area contributed by atoms with Gasteiger partial charge in [0.1, 0.15) is 0 Å². The number of nitrogens with zero attached hydrogens (tertiary/aromatic N) is 1. The quantitative estimate of drug-likeness (QED) is 0.500. The van der Waals surface area contributed by atoms with Crippen LogP contribution in [0, 0.1) is 0 Å². The largest absolute Gasteiger partial charge is 0.463 e. The molecule has 0 fully saturated rings. The van der Waals surface area contributed by atoms with E-state index in [1.807, 2.05) is 0 Å². The number of methoxy groups -OCH3 is 1. The molecule has 0 radical (unpaired) electrons. The van der Waals surface area contributed by atoms with E-state index in [-0.39, 0.29) is 25.8 Å². The molecule has 8 heteroatoms. The fourth-order valence-corrected chi connectivity index (χ4v) is 2.02. The van der Waals surface area contributed by atoms with Crippen LogP contribution >= 0.6 is 0 Å². The van der Waals surface area contributed by atoms with Crippen molar-refractivity contribution in [3.63, 3.8) is 0 Å². The average molecular weight is 301 g/mol. The van der Waals surface area contributed by atoms with E-state index in [2.05, 4.69) is 10.6 Å². The van der Waals surface area contributed by atoms with E-state index in [1.165, 1.54) is 7.11 Å². The van der Waals surface area contributed by atoms with Crippen molar-refractivity contribution >= 4 is 12.0 Å². The molecule has 0 aromatic heterocycles. The number of carbonyl (C=O) groups excluding carboxylic acids is 2. The molecule has 1 atom stereocenters. The molecule has 0 aromatic rings. The van der Waals surface area contributed by atoms with Gasteiger partial charge in [-0.25, -0.2) is 9.59 Å². The predicted molar refractivity (Wildman–Crippen MR) is 75.6 cm³/mol. The summed E-state index contributed by atoms with van der Waals surface area (Å²) in [5.74, 6) is -0.453. The second kappa shape index (κ2) is 8.60. The first-order valence-electron chi connectivity index (χ1n) is 6.77. The van der Waals surface area contributed by atoms with Gasteiger partial charge in [0, 0.05) is 25.9 Å². The lowest BCUT2D eigenvalue weighted by Crippen LogP contribution is -2.47. The summed E-state index contributed by atoms with van der Waals surface area (Å²) >= 11 is 0. The molecule has 21 heavy (non-hydrogen) atoms. The Bertz CT molecular complexity index is 411. The number of rotatable bonds is 8. The fraction of sp³-hybridized carbons (Fsp3) is 0.692. The van der Waals surface area contributed by atoms with Crippen LogP contribution < -0.4 is 10.6 Å². The van der Waals surface area contributed by atoms with Crippen LogP contribution in [0.4, 0.5) is 4.79 Å². The first-order valence-corrected chi connectivity index (χ1v) is 6.77. The summed E-state index contributed by atoms with van der Waals surface area (Å²) in [5, 5.41) is 14.8. The molecule has 1 unspecified atom stereocenters. The molecule has 1 aliphatic rings. The third-order valence-corrected chi connectivity index (χ3v) is 2.89. The van der Waals surface area contributed by atoms with Crippen LogP contribution in [-0.2, 0) is 14.3 Å². The number of likely N-dealkylation sites (N-methyl/N-ethyl adjacent to an activating group) is 1. The zero-order chi connectivity index (χ0) is 15.8. The second-order valence-corrected chi connectivity index (χ2v) is 4.79. The Balaban J connectivity index is 2.73. The molecule has 0 bridgehead atoms. The number of urea groups is 1. The van der Waals surface area contributed by atoms with Gasteiger partial charge in [0.05, 0.1) is 31.4 Å². The number of amides is 2. The summed E-state index contributed by atoms with van der Waals surface area (Å²) in [6, 6.07) is -0.358. The van der Waals surface area contributed by atoms with Crippen LogP contribution in [0.2, 0.25) is 0 Å². The minimum atomic E-state index is -0.635. The van der Waals surface area contributed by atoms with Crippen molar-refractivity contribution in [2.24, 2.45) is 0 Å². The number of aliphatic hydroxyl groups excluding tert-OH is 1. The number of carbonyl (C=O) groups is 2. The van der Waals surface area contributed by atoms with E-state index in [0.717, 1.165) is 0 Å². The fourth-order valence-electron chi connectivity index (χ4n) is 2.02. The maximum Gasteiger partial charge on any atom is 0.337 e. The minimum absolute atomic E-state index is 0.133. The monoisotopic (exact) mass is 301 g/mol. The van der Waals surface area contributed by atoms with Crippen LogP contribution in [0.3, 0.4) is 0 Å². The van der Waals surface area contributed by atoms with Crippen molar-refractivity contribution in [3.05, 3.63) is 11.3 Å². The summed E-state index contributed by atoms with van der Waals surface area (Å²) < 4.78 is 9.83. The number of nitrogens with one attached hydrogen (secondary N) is 2. The van der Waals surface area contributed by atoms with Gasteiger partial charge in [0.25, 0.3) is 0 Å². The standard InChI is InChI=1S/C13H23N3O5/c1-4-21-12(18)10-5-14-13(19)15-11(10)7-16(2)6-9(17)8-20-3/h9,17H,4-8H2,1-3H3,(H2,14,15,19). The van der Waals surface area contributed by atoms with Gasteiger partial charge in [-0.1, -0.05) is 0 Å². The maximum atomic E-state index is 11.9. The Hall–Kier alpha value is -1.64. The Labute approximate surface area is 124 Å². The van der Waals surface area contributed by atoms with E-state index < -0.39 is 12.1 Å². The van der Waals surface area contributed by atoms with Crippen molar-refractivity contribution in [3.8, 4) is 0 Å². The van der Waals surface area contributed by atoms with Crippen LogP contribution in [0.25, 0.3) is 0 Å². The van der Waals surface area contributed by atoms with Gasteiger partial charge in [-0.05, 0) is 14.0 Å². The first-order chi connectivity index (χ1) is 9.97. The summed E-state index contributed by atoms with van der Waals surface area (Å²) in [7, 11) is 3.29. The molecule has 120 valence electrons. The van der Waals surface area contributed by atoms with Gasteiger partial charge < -0.3 is 25.2 Å². The predicted octanol–water partition coefficient (Wildman–Crippen LogP) is -0.944. The van der Waals surface area contributed by atoms with Crippen molar-refractivity contribution in [2.45, 2.75) is 13.0 Å². The molecule has 1 aliphatic heterocycles. The topological polar surface area (TPSA) is 100 Å². The molecule has 3 N–H and O–H groups in total. The zero-order valence-electron chi connectivity index (χ0n) is 12.6. The molecule has 0 spiro atoms. The lowest BCUT2D eigenvalue weighted by atomic mass is 10.1. The first kappa shape index (κ1) is 17.4. The van der Waals surface area contributed by atoms with Gasteiger partial charge in [0.15, 0.2) is 0 Å². The average Bonchev–Trinajstić information content (AvgIpc) is 2.38. The molecule has 0 aliphatic carbocycles. The summed E-state index contributed by atoms with van der Waals surface area (Å²) in [6.07, 6.45) is -0.635. The number of ether oxygens (including phenoxy) is 2. The third-order valence-electron chi connectivity index (χ3n) is 2.89. The minimum Gasteiger partial charge on any atom is -0.463 e. The van der Waals surface area contributed by atoms with E-state index >= 15 is 0 Å². The van der Waals surface area contributed by atoms with Crippen molar-refractivity contribution < 1.29 is 24.2 Å². The molecule has 1 heterocycles. The van der Waals surface area contributed by atoms with Crippen molar-refractivity contribution in [1.29, 1.82) is 0 Å². The van der Waals surface area contributed by atoms with Crippen LogP contribution in [0.5, 0.6) is 0 Å². The maximum absolute atomic E-state index is 11.9. The molecule has 8 nitrogen and oxygen atoms in total. The number of hydrogen-bond donors (Lipinski definition) is 3.